The van der Waals surface area contributed by atoms with E-state index >= 15 is 0 Å². The predicted octanol–water partition coefficient (Wildman–Crippen LogP) is 3.32. The standard InChI is InChI=1S/C19H28N2/c1-15-4-2-5-16(12-15)18-14-20-9-7-19(18)8-11-21-10-3-6-17(21)13-19/h2,4-5,12,17-18,20H,3,6-11,13-14H2,1H3. The molecule has 2 nitrogen and oxygen atoms in total. The molecule has 1 aromatic rings. The van der Waals surface area contributed by atoms with Crippen molar-refractivity contribution in [1.82, 2.24) is 10.2 Å². The minimum atomic E-state index is 0.560. The summed E-state index contributed by atoms with van der Waals surface area (Å²) >= 11 is 0. The molecule has 21 heavy (non-hydrogen) atoms. The molecule has 3 fully saturated rings. The number of aryl methyl sites for hydroxylation is 1. The lowest BCUT2D eigenvalue weighted by Crippen LogP contribution is -2.52. The van der Waals surface area contributed by atoms with Crippen LogP contribution in [-0.2, 0) is 0 Å². The summed E-state index contributed by atoms with van der Waals surface area (Å²) in [6, 6.07) is 10.2. The molecule has 0 aliphatic carbocycles. The van der Waals surface area contributed by atoms with E-state index in [4.69, 9.17) is 0 Å². The fourth-order valence-corrected chi connectivity index (χ4v) is 5.23. The number of hydrogen-bond donors (Lipinski definition) is 1. The van der Waals surface area contributed by atoms with Crippen LogP contribution in [0.2, 0.25) is 0 Å². The molecule has 3 atom stereocenters. The van der Waals surface area contributed by atoms with E-state index in [0.29, 0.717) is 11.3 Å². The molecule has 0 radical (unpaired) electrons. The second kappa shape index (κ2) is 5.40. The second-order valence-corrected chi connectivity index (χ2v) is 7.57. The molecule has 4 rings (SSSR count). The van der Waals surface area contributed by atoms with Gasteiger partial charge in [-0.2, -0.15) is 0 Å². The zero-order valence-electron chi connectivity index (χ0n) is 13.3. The van der Waals surface area contributed by atoms with Gasteiger partial charge < -0.3 is 10.2 Å². The van der Waals surface area contributed by atoms with Crippen LogP contribution in [0.5, 0.6) is 0 Å². The lowest BCUT2D eigenvalue weighted by molar-refractivity contribution is 0.0318. The first-order chi connectivity index (χ1) is 10.3. The molecular weight excluding hydrogens is 256 g/mol. The zero-order valence-corrected chi connectivity index (χ0v) is 13.3. The Balaban J connectivity index is 1.65. The number of hydrogen-bond acceptors (Lipinski definition) is 2. The van der Waals surface area contributed by atoms with Gasteiger partial charge in [-0.05, 0) is 69.6 Å². The molecule has 3 aliphatic rings. The minimum absolute atomic E-state index is 0.560. The van der Waals surface area contributed by atoms with Crippen molar-refractivity contribution in [1.29, 1.82) is 0 Å². The maximum atomic E-state index is 3.67. The van der Waals surface area contributed by atoms with Crippen molar-refractivity contribution < 1.29 is 0 Å². The molecule has 0 amide bonds. The molecule has 1 aromatic carbocycles. The molecule has 114 valence electrons. The third-order valence-electron chi connectivity index (χ3n) is 6.37. The van der Waals surface area contributed by atoms with Crippen LogP contribution in [0, 0.1) is 12.3 Å². The third kappa shape index (κ3) is 2.43. The third-order valence-corrected chi connectivity index (χ3v) is 6.37. The molecular formula is C19H28N2. The fourth-order valence-electron chi connectivity index (χ4n) is 5.23. The largest absolute Gasteiger partial charge is 0.316 e. The van der Waals surface area contributed by atoms with Gasteiger partial charge in [0.25, 0.3) is 0 Å². The van der Waals surface area contributed by atoms with Crippen molar-refractivity contribution in [2.45, 2.75) is 51.0 Å². The Kier molecular flexibility index (Phi) is 3.55. The van der Waals surface area contributed by atoms with Gasteiger partial charge in [0.15, 0.2) is 0 Å². The number of nitrogens with one attached hydrogen (secondary N) is 1. The summed E-state index contributed by atoms with van der Waals surface area (Å²) in [5.41, 5.74) is 3.55. The second-order valence-electron chi connectivity index (χ2n) is 7.57. The molecule has 0 bridgehead atoms. The Bertz CT molecular complexity index is 512. The van der Waals surface area contributed by atoms with Crippen LogP contribution in [0.1, 0.15) is 49.1 Å². The summed E-state index contributed by atoms with van der Waals surface area (Å²) in [7, 11) is 0. The van der Waals surface area contributed by atoms with Gasteiger partial charge >= 0.3 is 0 Å². The predicted molar refractivity (Wildman–Crippen MR) is 87.7 cm³/mol. The maximum Gasteiger partial charge on any atom is 0.0101 e. The normalized spacial score (nSPS) is 36.8. The molecule has 3 aliphatic heterocycles. The van der Waals surface area contributed by atoms with E-state index in [9.17, 15) is 0 Å². The smallest absolute Gasteiger partial charge is 0.0101 e. The molecule has 3 saturated heterocycles. The van der Waals surface area contributed by atoms with Gasteiger partial charge in [-0.25, -0.2) is 0 Å². The highest BCUT2D eigenvalue weighted by atomic mass is 15.2. The van der Waals surface area contributed by atoms with E-state index in [-0.39, 0.29) is 0 Å². The van der Waals surface area contributed by atoms with Crippen molar-refractivity contribution in [3.8, 4) is 0 Å². The van der Waals surface area contributed by atoms with Crippen molar-refractivity contribution in [2.24, 2.45) is 5.41 Å². The number of rotatable bonds is 1. The van der Waals surface area contributed by atoms with Crippen molar-refractivity contribution >= 4 is 0 Å². The van der Waals surface area contributed by atoms with E-state index in [1.54, 1.807) is 5.56 Å². The highest BCUT2D eigenvalue weighted by Crippen LogP contribution is 2.51. The molecule has 2 heteroatoms. The first-order valence-electron chi connectivity index (χ1n) is 8.78. The Hall–Kier alpha value is -0.860. The molecule has 0 aromatic heterocycles. The zero-order chi connectivity index (χ0) is 14.3. The van der Waals surface area contributed by atoms with Gasteiger partial charge in [0.1, 0.15) is 0 Å². The first-order valence-corrected chi connectivity index (χ1v) is 8.78. The van der Waals surface area contributed by atoms with Crippen LogP contribution in [0.3, 0.4) is 0 Å². The van der Waals surface area contributed by atoms with Crippen molar-refractivity contribution in [3.63, 3.8) is 0 Å². The van der Waals surface area contributed by atoms with Crippen LogP contribution >= 0.6 is 0 Å². The monoisotopic (exact) mass is 284 g/mol. The highest BCUT2D eigenvalue weighted by molar-refractivity contribution is 5.29. The number of nitrogens with zero attached hydrogens (tertiary/aromatic N) is 1. The summed E-state index contributed by atoms with van der Waals surface area (Å²) in [6.45, 7) is 7.32. The molecule has 1 N–H and O–H groups in total. The average Bonchev–Trinajstić information content (AvgIpc) is 2.95. The molecule has 0 saturated carbocycles. The molecule has 3 heterocycles. The van der Waals surface area contributed by atoms with Gasteiger partial charge in [0.2, 0.25) is 0 Å². The Labute approximate surface area is 128 Å². The summed E-state index contributed by atoms with van der Waals surface area (Å²) in [5.74, 6) is 0.717. The summed E-state index contributed by atoms with van der Waals surface area (Å²) in [6.07, 6.45) is 7.08. The number of piperidine rings is 2. The Morgan fingerprint density at radius 1 is 1.24 bits per heavy atom. The maximum absolute atomic E-state index is 3.67. The van der Waals surface area contributed by atoms with Crippen LogP contribution < -0.4 is 5.32 Å². The van der Waals surface area contributed by atoms with Gasteiger partial charge in [0.05, 0.1) is 0 Å². The van der Waals surface area contributed by atoms with Crippen LogP contribution in [0.15, 0.2) is 24.3 Å². The van der Waals surface area contributed by atoms with E-state index in [1.165, 1.54) is 63.8 Å². The van der Waals surface area contributed by atoms with Gasteiger partial charge in [-0.15, -0.1) is 0 Å². The van der Waals surface area contributed by atoms with Gasteiger partial charge in [0, 0.05) is 18.5 Å². The lowest BCUT2D eigenvalue weighted by Gasteiger charge is -2.51. The van der Waals surface area contributed by atoms with Crippen molar-refractivity contribution in [2.75, 3.05) is 26.2 Å². The quantitative estimate of drug-likeness (QED) is 0.851. The Morgan fingerprint density at radius 3 is 3.10 bits per heavy atom. The first kappa shape index (κ1) is 13.8. The van der Waals surface area contributed by atoms with E-state index < -0.39 is 0 Å². The summed E-state index contributed by atoms with van der Waals surface area (Å²) in [5, 5.41) is 3.67. The van der Waals surface area contributed by atoms with Gasteiger partial charge in [-0.3, -0.25) is 0 Å². The SMILES string of the molecule is Cc1cccc(C2CNCCC23CCN2CCCC2C3)c1. The van der Waals surface area contributed by atoms with Crippen molar-refractivity contribution in [3.05, 3.63) is 35.4 Å². The fraction of sp³-hybridized carbons (Fsp3) is 0.684. The number of benzene rings is 1. The van der Waals surface area contributed by atoms with E-state index in [2.05, 4.69) is 41.4 Å². The minimum Gasteiger partial charge on any atom is -0.316 e. The highest BCUT2D eigenvalue weighted by Gasteiger charge is 2.47. The summed E-state index contributed by atoms with van der Waals surface area (Å²) in [4.78, 5) is 2.76. The lowest BCUT2D eigenvalue weighted by atomic mass is 9.61. The van der Waals surface area contributed by atoms with E-state index in [1.807, 2.05) is 0 Å². The van der Waals surface area contributed by atoms with E-state index in [0.717, 1.165) is 6.04 Å². The Morgan fingerprint density at radius 2 is 2.19 bits per heavy atom. The molecule has 3 unspecified atom stereocenters. The number of fused-ring (bicyclic) bond motifs is 1. The molecule has 1 spiro atoms. The van der Waals surface area contributed by atoms with Crippen LogP contribution in [-0.4, -0.2) is 37.1 Å². The van der Waals surface area contributed by atoms with Crippen LogP contribution in [0.4, 0.5) is 0 Å². The topological polar surface area (TPSA) is 15.3 Å². The van der Waals surface area contributed by atoms with Gasteiger partial charge in [-0.1, -0.05) is 29.8 Å². The summed E-state index contributed by atoms with van der Waals surface area (Å²) < 4.78 is 0. The average molecular weight is 284 g/mol. The van der Waals surface area contributed by atoms with Crippen LogP contribution in [0.25, 0.3) is 0 Å².